The van der Waals surface area contributed by atoms with Gasteiger partial charge in [-0.2, -0.15) is 0 Å². The van der Waals surface area contributed by atoms with Crippen molar-refractivity contribution in [2.24, 2.45) is 0 Å². The third-order valence-electron chi connectivity index (χ3n) is 4.20. The van der Waals surface area contributed by atoms with E-state index in [2.05, 4.69) is 9.97 Å². The molecule has 0 aliphatic heterocycles. The molecular weight excluding hydrogens is 344 g/mol. The third-order valence-corrected chi connectivity index (χ3v) is 4.20. The fraction of sp³-hybridized carbons (Fsp3) is 0.450. The van der Waals surface area contributed by atoms with Crippen molar-refractivity contribution in [3.05, 3.63) is 35.5 Å². The van der Waals surface area contributed by atoms with Crippen molar-refractivity contribution >= 4 is 11.9 Å². The summed E-state index contributed by atoms with van der Waals surface area (Å²) in [5.74, 6) is 0.786. The monoisotopic (exact) mass is 372 g/mol. The van der Waals surface area contributed by atoms with Crippen molar-refractivity contribution in [1.29, 1.82) is 0 Å². The minimum atomic E-state index is -0.0930. The summed E-state index contributed by atoms with van der Waals surface area (Å²) in [5.41, 5.74) is 8.24. The average molecular weight is 372 g/mol. The fourth-order valence-electron chi connectivity index (χ4n) is 2.80. The highest BCUT2D eigenvalue weighted by Crippen LogP contribution is 2.27. The van der Waals surface area contributed by atoms with Gasteiger partial charge in [0.1, 0.15) is 12.4 Å². The number of hydrogen-bond acceptors (Lipinski definition) is 6. The van der Waals surface area contributed by atoms with E-state index in [0.717, 1.165) is 11.3 Å². The molecule has 0 fully saturated rings. The standard InChI is InChI=1S/C20H28N4O3/c1-5-24(6-2)19(25)17-14(4)22-20(21)23-18(17)15-8-10-16(11-9-15)27-13-12-26-7-3/h8-11H,5-7,12-13H2,1-4H3,(H2,21,22,23). The number of nitrogen functional groups attached to an aromatic ring is 1. The Morgan fingerprint density at radius 1 is 1.07 bits per heavy atom. The summed E-state index contributed by atoms with van der Waals surface area (Å²) in [7, 11) is 0. The van der Waals surface area contributed by atoms with E-state index in [9.17, 15) is 4.79 Å². The largest absolute Gasteiger partial charge is 0.491 e. The first kappa shape index (κ1) is 20.6. The van der Waals surface area contributed by atoms with Crippen LogP contribution in [0.1, 0.15) is 36.8 Å². The number of carbonyl (C=O) groups excluding carboxylic acids is 1. The molecule has 2 aromatic rings. The van der Waals surface area contributed by atoms with E-state index in [-0.39, 0.29) is 11.9 Å². The van der Waals surface area contributed by atoms with Crippen LogP contribution < -0.4 is 10.5 Å². The van der Waals surface area contributed by atoms with Crippen LogP contribution in [0.3, 0.4) is 0 Å². The zero-order chi connectivity index (χ0) is 19.8. The fourth-order valence-corrected chi connectivity index (χ4v) is 2.80. The van der Waals surface area contributed by atoms with Crippen molar-refractivity contribution < 1.29 is 14.3 Å². The highest BCUT2D eigenvalue weighted by molar-refractivity contribution is 6.01. The summed E-state index contributed by atoms with van der Waals surface area (Å²) in [6, 6.07) is 7.44. The van der Waals surface area contributed by atoms with Crippen LogP contribution in [0, 0.1) is 6.92 Å². The first-order valence-electron chi connectivity index (χ1n) is 9.26. The summed E-state index contributed by atoms with van der Waals surface area (Å²) in [6.07, 6.45) is 0. The van der Waals surface area contributed by atoms with Crippen LogP contribution >= 0.6 is 0 Å². The Kier molecular flexibility index (Phi) is 7.55. The van der Waals surface area contributed by atoms with E-state index in [4.69, 9.17) is 15.2 Å². The number of anilines is 1. The van der Waals surface area contributed by atoms with Gasteiger partial charge in [0.15, 0.2) is 0 Å². The van der Waals surface area contributed by atoms with Gasteiger partial charge in [-0.05, 0) is 52.0 Å². The predicted molar refractivity (Wildman–Crippen MR) is 106 cm³/mol. The molecule has 2 N–H and O–H groups in total. The third kappa shape index (κ3) is 5.17. The highest BCUT2D eigenvalue weighted by Gasteiger charge is 2.22. The second kappa shape index (κ2) is 9.87. The van der Waals surface area contributed by atoms with Crippen molar-refractivity contribution in [1.82, 2.24) is 14.9 Å². The molecule has 7 nitrogen and oxygen atoms in total. The average Bonchev–Trinajstić information content (AvgIpc) is 2.66. The van der Waals surface area contributed by atoms with Gasteiger partial charge < -0.3 is 20.1 Å². The number of benzene rings is 1. The van der Waals surface area contributed by atoms with Gasteiger partial charge in [-0.3, -0.25) is 4.79 Å². The van der Waals surface area contributed by atoms with Crippen LogP contribution in [0.2, 0.25) is 0 Å². The number of carbonyl (C=O) groups is 1. The van der Waals surface area contributed by atoms with Gasteiger partial charge in [-0.1, -0.05) is 0 Å². The van der Waals surface area contributed by atoms with E-state index in [1.165, 1.54) is 0 Å². The Hall–Kier alpha value is -2.67. The van der Waals surface area contributed by atoms with Crippen molar-refractivity contribution in [2.75, 3.05) is 38.6 Å². The molecule has 1 amide bonds. The normalized spacial score (nSPS) is 10.7. The van der Waals surface area contributed by atoms with Crippen molar-refractivity contribution in [3.8, 4) is 17.0 Å². The topological polar surface area (TPSA) is 90.6 Å². The highest BCUT2D eigenvalue weighted by atomic mass is 16.5. The maximum atomic E-state index is 13.0. The smallest absolute Gasteiger partial charge is 0.257 e. The molecule has 146 valence electrons. The second-order valence-electron chi connectivity index (χ2n) is 5.94. The molecular formula is C20H28N4O3. The van der Waals surface area contributed by atoms with Gasteiger partial charge in [0.25, 0.3) is 5.91 Å². The van der Waals surface area contributed by atoms with Crippen LogP contribution in [0.5, 0.6) is 5.75 Å². The molecule has 0 radical (unpaired) electrons. The number of rotatable bonds is 9. The second-order valence-corrected chi connectivity index (χ2v) is 5.94. The number of aryl methyl sites for hydroxylation is 1. The molecule has 0 unspecified atom stereocenters. The van der Waals surface area contributed by atoms with E-state index >= 15 is 0 Å². The molecule has 7 heteroatoms. The first-order chi connectivity index (χ1) is 13.0. The molecule has 2 rings (SSSR count). The van der Waals surface area contributed by atoms with Gasteiger partial charge in [0.2, 0.25) is 5.95 Å². The lowest BCUT2D eigenvalue weighted by molar-refractivity contribution is 0.0772. The van der Waals surface area contributed by atoms with Crippen molar-refractivity contribution in [3.63, 3.8) is 0 Å². The van der Waals surface area contributed by atoms with Gasteiger partial charge >= 0.3 is 0 Å². The van der Waals surface area contributed by atoms with Crippen LogP contribution in [-0.2, 0) is 4.74 Å². The predicted octanol–water partition coefficient (Wildman–Crippen LogP) is 2.93. The Bertz CT molecular complexity index is 759. The Morgan fingerprint density at radius 3 is 2.33 bits per heavy atom. The van der Waals surface area contributed by atoms with E-state index in [1.807, 2.05) is 45.0 Å². The summed E-state index contributed by atoms with van der Waals surface area (Å²) >= 11 is 0. The zero-order valence-electron chi connectivity index (χ0n) is 16.5. The van der Waals surface area contributed by atoms with Crippen LogP contribution in [0.25, 0.3) is 11.3 Å². The molecule has 0 atom stereocenters. The van der Waals surface area contributed by atoms with E-state index in [1.54, 1.807) is 11.8 Å². The molecule has 1 heterocycles. The number of amides is 1. The summed E-state index contributed by atoms with van der Waals surface area (Å²) in [4.78, 5) is 23.3. The summed E-state index contributed by atoms with van der Waals surface area (Å²) < 4.78 is 10.9. The number of aromatic nitrogens is 2. The molecule has 0 aliphatic rings. The van der Waals surface area contributed by atoms with E-state index in [0.29, 0.717) is 49.9 Å². The Morgan fingerprint density at radius 2 is 1.74 bits per heavy atom. The Balaban J connectivity index is 2.33. The van der Waals surface area contributed by atoms with E-state index < -0.39 is 0 Å². The number of ether oxygens (including phenoxy) is 2. The minimum absolute atomic E-state index is 0.0930. The van der Waals surface area contributed by atoms with Crippen LogP contribution in [0.4, 0.5) is 5.95 Å². The molecule has 0 bridgehead atoms. The van der Waals surface area contributed by atoms with Gasteiger partial charge in [-0.25, -0.2) is 9.97 Å². The van der Waals surface area contributed by atoms with Gasteiger partial charge in [0, 0.05) is 25.3 Å². The minimum Gasteiger partial charge on any atom is -0.491 e. The Labute approximate surface area is 160 Å². The molecule has 27 heavy (non-hydrogen) atoms. The SMILES string of the molecule is CCOCCOc1ccc(-c2nc(N)nc(C)c2C(=O)N(CC)CC)cc1. The molecule has 0 saturated carbocycles. The zero-order valence-corrected chi connectivity index (χ0v) is 16.5. The number of nitrogens with zero attached hydrogens (tertiary/aromatic N) is 3. The summed E-state index contributed by atoms with van der Waals surface area (Å²) in [5, 5.41) is 0. The lowest BCUT2D eigenvalue weighted by Gasteiger charge is -2.21. The quantitative estimate of drug-likeness (QED) is 0.681. The lowest BCUT2D eigenvalue weighted by atomic mass is 10.0. The molecule has 0 saturated heterocycles. The molecule has 1 aromatic carbocycles. The molecule has 1 aromatic heterocycles. The van der Waals surface area contributed by atoms with Crippen molar-refractivity contribution in [2.45, 2.75) is 27.7 Å². The van der Waals surface area contributed by atoms with Crippen LogP contribution in [0.15, 0.2) is 24.3 Å². The number of nitrogens with two attached hydrogens (primary N) is 1. The first-order valence-corrected chi connectivity index (χ1v) is 9.26. The van der Waals surface area contributed by atoms with Gasteiger partial charge in [0.05, 0.1) is 23.6 Å². The maximum Gasteiger partial charge on any atom is 0.257 e. The molecule has 0 spiro atoms. The number of hydrogen-bond donors (Lipinski definition) is 1. The summed E-state index contributed by atoms with van der Waals surface area (Å²) in [6.45, 7) is 10.5. The maximum absolute atomic E-state index is 13.0. The molecule has 0 aliphatic carbocycles. The van der Waals surface area contributed by atoms with Crippen LogP contribution in [-0.4, -0.2) is 53.7 Å². The van der Waals surface area contributed by atoms with Gasteiger partial charge in [-0.15, -0.1) is 0 Å². The lowest BCUT2D eigenvalue weighted by Crippen LogP contribution is -2.32.